The van der Waals surface area contributed by atoms with E-state index in [9.17, 15) is 4.79 Å². The lowest BCUT2D eigenvalue weighted by molar-refractivity contribution is 0.0645. The van der Waals surface area contributed by atoms with Crippen molar-refractivity contribution in [2.24, 2.45) is 0 Å². The van der Waals surface area contributed by atoms with E-state index < -0.39 is 0 Å². The van der Waals surface area contributed by atoms with Gasteiger partial charge in [0, 0.05) is 19.7 Å². The number of ether oxygens (including phenoxy) is 1. The Morgan fingerprint density at radius 1 is 1.22 bits per heavy atom. The van der Waals surface area contributed by atoms with Crippen molar-refractivity contribution in [1.82, 2.24) is 4.90 Å². The van der Waals surface area contributed by atoms with Crippen molar-refractivity contribution in [3.63, 3.8) is 0 Å². The quantitative estimate of drug-likeness (QED) is 0.820. The van der Waals surface area contributed by atoms with Gasteiger partial charge in [-0.2, -0.15) is 0 Å². The van der Waals surface area contributed by atoms with Crippen molar-refractivity contribution in [2.45, 2.75) is 38.8 Å². The number of amides is 1. The molecule has 0 bridgehead atoms. The van der Waals surface area contributed by atoms with E-state index in [1.54, 1.807) is 13.2 Å². The average Bonchev–Trinajstić information content (AvgIpc) is 3.18. The molecular weight excluding hydrogens is 290 g/mol. The molecule has 0 N–H and O–H groups in total. The van der Waals surface area contributed by atoms with Crippen LogP contribution in [0.15, 0.2) is 40.8 Å². The minimum Gasteiger partial charge on any atom is -0.453 e. The van der Waals surface area contributed by atoms with E-state index in [1.807, 2.05) is 11.0 Å². The number of furan rings is 1. The van der Waals surface area contributed by atoms with Crippen molar-refractivity contribution in [1.29, 1.82) is 0 Å². The molecule has 0 radical (unpaired) electrons. The van der Waals surface area contributed by atoms with Gasteiger partial charge in [-0.15, -0.1) is 0 Å². The van der Waals surface area contributed by atoms with Gasteiger partial charge >= 0.3 is 0 Å². The first-order valence-corrected chi connectivity index (χ1v) is 8.18. The smallest absolute Gasteiger partial charge is 0.289 e. The highest BCUT2D eigenvalue weighted by molar-refractivity contribution is 5.91. The molecule has 0 saturated heterocycles. The maximum atomic E-state index is 12.9. The maximum absolute atomic E-state index is 12.9. The molecule has 1 aromatic heterocycles. The SMILES string of the molecule is CCCN(C(=O)c1ccc(COC)o1)C1Cc2ccccc2C1. The highest BCUT2D eigenvalue weighted by Gasteiger charge is 2.31. The van der Waals surface area contributed by atoms with Gasteiger partial charge in [-0.25, -0.2) is 0 Å². The Bertz CT molecular complexity index is 652. The topological polar surface area (TPSA) is 42.7 Å². The average molecular weight is 313 g/mol. The summed E-state index contributed by atoms with van der Waals surface area (Å²) in [6, 6.07) is 12.2. The number of benzene rings is 1. The van der Waals surface area contributed by atoms with E-state index in [-0.39, 0.29) is 11.9 Å². The Hall–Kier alpha value is -2.07. The normalized spacial score (nSPS) is 14.0. The number of hydrogen-bond acceptors (Lipinski definition) is 3. The molecule has 3 rings (SSSR count). The van der Waals surface area contributed by atoms with Crippen LogP contribution in [0.3, 0.4) is 0 Å². The lowest BCUT2D eigenvalue weighted by Gasteiger charge is -2.27. The fourth-order valence-electron chi connectivity index (χ4n) is 3.30. The van der Waals surface area contributed by atoms with E-state index in [4.69, 9.17) is 9.15 Å². The summed E-state index contributed by atoms with van der Waals surface area (Å²) in [6.45, 7) is 3.23. The molecule has 0 spiro atoms. The van der Waals surface area contributed by atoms with Gasteiger partial charge < -0.3 is 14.1 Å². The number of rotatable bonds is 6. The lowest BCUT2D eigenvalue weighted by atomic mass is 10.1. The van der Waals surface area contributed by atoms with E-state index >= 15 is 0 Å². The van der Waals surface area contributed by atoms with Gasteiger partial charge in [0.25, 0.3) is 5.91 Å². The van der Waals surface area contributed by atoms with Crippen LogP contribution < -0.4 is 0 Å². The van der Waals surface area contributed by atoms with E-state index in [0.29, 0.717) is 18.1 Å². The van der Waals surface area contributed by atoms with Crippen LogP contribution >= 0.6 is 0 Å². The molecule has 2 aromatic rings. The number of hydrogen-bond donors (Lipinski definition) is 0. The molecule has 1 amide bonds. The number of fused-ring (bicyclic) bond motifs is 1. The van der Waals surface area contributed by atoms with Crippen LogP contribution in [0.1, 0.15) is 40.8 Å². The largest absolute Gasteiger partial charge is 0.453 e. The van der Waals surface area contributed by atoms with Crippen LogP contribution in [-0.4, -0.2) is 30.5 Å². The van der Waals surface area contributed by atoms with Gasteiger partial charge in [-0.1, -0.05) is 31.2 Å². The van der Waals surface area contributed by atoms with Crippen molar-refractivity contribution in [3.05, 3.63) is 59.0 Å². The zero-order valence-electron chi connectivity index (χ0n) is 13.7. The molecule has 23 heavy (non-hydrogen) atoms. The predicted molar refractivity (Wildman–Crippen MR) is 88.4 cm³/mol. The van der Waals surface area contributed by atoms with E-state index in [1.165, 1.54) is 11.1 Å². The highest BCUT2D eigenvalue weighted by Crippen LogP contribution is 2.27. The lowest BCUT2D eigenvalue weighted by Crippen LogP contribution is -2.41. The summed E-state index contributed by atoms with van der Waals surface area (Å²) in [4.78, 5) is 14.8. The van der Waals surface area contributed by atoms with Gasteiger partial charge in [0.1, 0.15) is 12.4 Å². The molecule has 4 heteroatoms. The molecule has 0 unspecified atom stereocenters. The van der Waals surface area contributed by atoms with Gasteiger partial charge in [-0.05, 0) is 42.5 Å². The van der Waals surface area contributed by atoms with Crippen molar-refractivity contribution < 1.29 is 13.9 Å². The highest BCUT2D eigenvalue weighted by atomic mass is 16.5. The molecule has 1 aromatic carbocycles. The Morgan fingerprint density at radius 3 is 2.52 bits per heavy atom. The summed E-state index contributed by atoms with van der Waals surface area (Å²) < 4.78 is 10.7. The predicted octanol–water partition coefficient (Wildman–Crippen LogP) is 3.45. The number of nitrogens with zero attached hydrogens (tertiary/aromatic N) is 1. The summed E-state index contributed by atoms with van der Waals surface area (Å²) in [6.07, 6.45) is 2.78. The molecular formula is C19H23NO3. The zero-order valence-corrected chi connectivity index (χ0v) is 13.7. The minimum absolute atomic E-state index is 0.0213. The first-order valence-electron chi connectivity index (χ1n) is 8.18. The van der Waals surface area contributed by atoms with Gasteiger partial charge in [0.2, 0.25) is 0 Å². The molecule has 0 saturated carbocycles. The standard InChI is InChI=1S/C19H23NO3/c1-3-10-20(16-11-14-6-4-5-7-15(14)12-16)19(21)18-9-8-17(23-18)13-22-2/h4-9,16H,3,10-13H2,1-2H3. The van der Waals surface area contributed by atoms with Crippen molar-refractivity contribution >= 4 is 5.91 Å². The Kier molecular flexibility index (Phi) is 4.82. The van der Waals surface area contributed by atoms with Crippen LogP contribution in [0.5, 0.6) is 0 Å². The van der Waals surface area contributed by atoms with Crippen molar-refractivity contribution in [2.75, 3.05) is 13.7 Å². The first-order chi connectivity index (χ1) is 11.2. The fourth-order valence-corrected chi connectivity index (χ4v) is 3.30. The maximum Gasteiger partial charge on any atom is 0.289 e. The van der Waals surface area contributed by atoms with Crippen LogP contribution in [0, 0.1) is 0 Å². The van der Waals surface area contributed by atoms with Gasteiger partial charge in [0.05, 0.1) is 0 Å². The molecule has 1 aliphatic carbocycles. The molecule has 1 aliphatic rings. The number of methoxy groups -OCH3 is 1. The van der Waals surface area contributed by atoms with E-state index in [2.05, 4.69) is 31.2 Å². The van der Waals surface area contributed by atoms with Crippen molar-refractivity contribution in [3.8, 4) is 0 Å². The third-order valence-corrected chi connectivity index (χ3v) is 4.35. The van der Waals surface area contributed by atoms with Gasteiger partial charge in [-0.3, -0.25) is 4.79 Å². The zero-order chi connectivity index (χ0) is 16.2. The number of carbonyl (C=O) groups excluding carboxylic acids is 1. The Morgan fingerprint density at radius 2 is 1.91 bits per heavy atom. The van der Waals surface area contributed by atoms with Crippen LogP contribution in [0.4, 0.5) is 0 Å². The third kappa shape index (κ3) is 3.32. The Balaban J connectivity index is 1.77. The molecule has 4 nitrogen and oxygen atoms in total. The van der Waals surface area contributed by atoms with E-state index in [0.717, 1.165) is 25.8 Å². The second kappa shape index (κ2) is 7.01. The number of carbonyl (C=O) groups is 1. The van der Waals surface area contributed by atoms with Crippen LogP contribution in [0.2, 0.25) is 0 Å². The second-order valence-corrected chi connectivity index (χ2v) is 6.03. The molecule has 0 aliphatic heterocycles. The summed E-state index contributed by atoms with van der Waals surface area (Å²) in [7, 11) is 1.61. The van der Waals surface area contributed by atoms with Crippen LogP contribution in [0.25, 0.3) is 0 Å². The third-order valence-electron chi connectivity index (χ3n) is 4.35. The summed E-state index contributed by atoms with van der Waals surface area (Å²) >= 11 is 0. The van der Waals surface area contributed by atoms with Crippen LogP contribution in [-0.2, 0) is 24.2 Å². The van der Waals surface area contributed by atoms with Gasteiger partial charge in [0.15, 0.2) is 5.76 Å². The fraction of sp³-hybridized carbons (Fsp3) is 0.421. The molecule has 0 fully saturated rings. The first kappa shape index (κ1) is 15.8. The monoisotopic (exact) mass is 313 g/mol. The summed E-state index contributed by atoms with van der Waals surface area (Å²) in [5, 5.41) is 0. The second-order valence-electron chi connectivity index (χ2n) is 6.03. The summed E-state index contributed by atoms with van der Waals surface area (Å²) in [5.41, 5.74) is 2.71. The Labute approximate surface area is 137 Å². The molecule has 0 atom stereocenters. The minimum atomic E-state index is -0.0213. The molecule has 122 valence electrons. The molecule has 1 heterocycles. The summed E-state index contributed by atoms with van der Waals surface area (Å²) in [5.74, 6) is 1.07.